The van der Waals surface area contributed by atoms with Gasteiger partial charge in [-0.1, -0.05) is 45.5 Å². The van der Waals surface area contributed by atoms with Gasteiger partial charge < -0.3 is 40.3 Å². The highest BCUT2D eigenvalue weighted by Gasteiger charge is 2.29. The first-order valence-corrected chi connectivity index (χ1v) is 20.4. The lowest BCUT2D eigenvalue weighted by Crippen LogP contribution is -2.28. The third-order valence-corrected chi connectivity index (χ3v) is 10.4. The number of fused-ring (bicyclic) bond motifs is 2. The van der Waals surface area contributed by atoms with Crippen LogP contribution in [0.3, 0.4) is 0 Å². The predicted octanol–water partition coefficient (Wildman–Crippen LogP) is 8.07. The number of nitrogens with zero attached hydrogens (tertiary/aromatic N) is 10. The van der Waals surface area contributed by atoms with E-state index < -0.39 is 23.8 Å². The molecule has 5 aromatic heterocycles. The zero-order valence-electron chi connectivity index (χ0n) is 34.6. The van der Waals surface area contributed by atoms with Crippen molar-refractivity contribution in [2.75, 3.05) is 10.6 Å². The molecule has 7 heterocycles. The number of alkyl carbamates (subject to hydrolysis) is 1. The minimum absolute atomic E-state index is 0. The van der Waals surface area contributed by atoms with Crippen LogP contribution in [0.1, 0.15) is 91.2 Å². The number of aromatic nitrogens is 10. The Balaban J connectivity index is 0.000000231. The Morgan fingerprint density at radius 1 is 0.721 bits per heavy atom. The smallest absolute Gasteiger partial charge is 0.419 e. The van der Waals surface area contributed by atoms with E-state index in [0.717, 1.165) is 24.4 Å². The highest BCUT2D eigenvalue weighted by atomic mass is 35.5. The summed E-state index contributed by atoms with van der Waals surface area (Å²) < 4.78 is 44.5. The Morgan fingerprint density at radius 3 is 1.74 bits per heavy atom. The monoisotopic (exact) mass is 980 g/mol. The van der Waals surface area contributed by atoms with Gasteiger partial charge in [0.2, 0.25) is 0 Å². The van der Waals surface area contributed by atoms with Gasteiger partial charge in [-0.15, -0.1) is 0 Å². The van der Waals surface area contributed by atoms with Gasteiger partial charge >= 0.3 is 12.2 Å². The van der Waals surface area contributed by atoms with E-state index in [1.165, 1.54) is 70.7 Å². The van der Waals surface area contributed by atoms with E-state index in [2.05, 4.69) is 41.1 Å². The first-order valence-electron chi connectivity index (χ1n) is 19.7. The molecule has 24 heteroatoms. The van der Waals surface area contributed by atoms with Crippen molar-refractivity contribution in [2.45, 2.75) is 73.5 Å². The van der Waals surface area contributed by atoms with Crippen molar-refractivity contribution in [3.8, 4) is 0 Å². The number of carbonyl (C=O) groups is 4. The molecule has 0 saturated carbocycles. The molecule has 0 saturated heterocycles. The fourth-order valence-corrected chi connectivity index (χ4v) is 7.14. The lowest BCUT2D eigenvalue weighted by atomic mass is 10.2. The van der Waals surface area contributed by atoms with Crippen LogP contribution >= 0.6 is 23.2 Å². The maximum atomic E-state index is 13.3. The lowest BCUT2D eigenvalue weighted by Gasteiger charge is -2.12. The summed E-state index contributed by atoms with van der Waals surface area (Å²) in [5, 5.41) is 16.1. The summed E-state index contributed by atoms with van der Waals surface area (Å²) in [5.41, 5.74) is 9.53. The number of hydrogen-bond acceptors (Lipinski definition) is 12. The number of benzene rings is 2. The summed E-state index contributed by atoms with van der Waals surface area (Å²) in [6.45, 7) is 1.31. The largest absolute Gasteiger partial charge is 0.441 e. The van der Waals surface area contributed by atoms with Crippen LogP contribution in [0.5, 0.6) is 0 Å². The summed E-state index contributed by atoms with van der Waals surface area (Å²) in [4.78, 5) is 59.9. The van der Waals surface area contributed by atoms with E-state index in [0.29, 0.717) is 47.4 Å². The van der Waals surface area contributed by atoms with Crippen molar-refractivity contribution in [2.24, 2.45) is 19.8 Å². The standard InChI is InChI=1S/C19H18ClFN6O3.C14H13ClFN3O.C8H9N5O2.3CH4/c1-26-10-22-17(25-26)9-30-19(29)24-14-6-7-27-15(14)4-5-16(27)18(28)23-11-2-3-13(21)12(20)8-11;15-9-7-8(1-2-10(9)16)18-14(20)13-4-3-12-11(17)5-6-19(12)13;1-12-6-10-7(11-12)4-15-8(14)13-3-2-9-5-13;;;/h2-5,8,10,14H,6-7,9H2,1H3,(H,23,28)(H,24,29);1-4,7,11H,5-6,17H2,(H,18,20);2-3,5-6H,4H2,1H3;3*1H4. The van der Waals surface area contributed by atoms with E-state index in [1.807, 2.05) is 15.2 Å². The highest BCUT2D eigenvalue weighted by Crippen LogP contribution is 2.30. The molecule has 5 N–H and O–H groups in total. The van der Waals surface area contributed by atoms with Crippen LogP contribution in [0.25, 0.3) is 0 Å². The summed E-state index contributed by atoms with van der Waals surface area (Å²) in [5.74, 6) is -0.813. The molecule has 0 aliphatic carbocycles. The van der Waals surface area contributed by atoms with E-state index in [4.69, 9.17) is 38.4 Å². The molecule has 0 bridgehead atoms. The fraction of sp³-hybridized carbons (Fsp3) is 0.295. The second-order valence-electron chi connectivity index (χ2n) is 14.4. The maximum absolute atomic E-state index is 13.3. The van der Waals surface area contributed by atoms with Crippen LogP contribution < -0.4 is 21.7 Å². The molecule has 7 aromatic rings. The molecule has 2 aromatic carbocycles. The Hall–Kier alpha value is -7.43. The molecule has 0 spiro atoms. The van der Waals surface area contributed by atoms with Gasteiger partial charge in [0.05, 0.1) is 16.1 Å². The van der Waals surface area contributed by atoms with E-state index in [1.54, 1.807) is 43.3 Å². The number of nitrogens with two attached hydrogens (primary N) is 1. The quantitative estimate of drug-likeness (QED) is 0.107. The molecule has 2 atom stereocenters. The van der Waals surface area contributed by atoms with E-state index in [9.17, 15) is 28.0 Å². The van der Waals surface area contributed by atoms with Crippen LogP contribution in [0.2, 0.25) is 10.0 Å². The average molecular weight is 982 g/mol. The van der Waals surface area contributed by atoms with E-state index >= 15 is 0 Å². The number of imidazole rings is 1. The van der Waals surface area contributed by atoms with Crippen LogP contribution in [-0.2, 0) is 49.9 Å². The lowest BCUT2D eigenvalue weighted by molar-refractivity contribution is 0.101. The molecule has 68 heavy (non-hydrogen) atoms. The maximum Gasteiger partial charge on any atom is 0.419 e. The fourth-order valence-electron chi connectivity index (χ4n) is 6.78. The topological polar surface area (TPSA) is 238 Å². The number of carbonyl (C=O) groups excluding carboxylic acids is 4. The normalized spacial score (nSPS) is 13.9. The van der Waals surface area contributed by atoms with Crippen molar-refractivity contribution in [3.63, 3.8) is 0 Å². The molecule has 362 valence electrons. The molecule has 20 nitrogen and oxygen atoms in total. The number of ether oxygens (including phenoxy) is 2. The molecule has 2 aliphatic rings. The molecular formula is C44H52Cl2F2N14O6. The van der Waals surface area contributed by atoms with Crippen molar-refractivity contribution in [1.29, 1.82) is 0 Å². The first kappa shape index (κ1) is 53.2. The van der Waals surface area contributed by atoms with Crippen molar-refractivity contribution < 1.29 is 37.4 Å². The van der Waals surface area contributed by atoms with Gasteiger partial charge in [-0.2, -0.15) is 10.2 Å². The van der Waals surface area contributed by atoms with Gasteiger partial charge in [0.25, 0.3) is 11.8 Å². The molecule has 9 rings (SSSR count). The van der Waals surface area contributed by atoms with Gasteiger partial charge in [0.1, 0.15) is 42.0 Å². The zero-order valence-corrected chi connectivity index (χ0v) is 36.1. The third kappa shape index (κ3) is 13.1. The molecule has 0 radical (unpaired) electrons. The highest BCUT2D eigenvalue weighted by molar-refractivity contribution is 6.31. The first-order chi connectivity index (χ1) is 31.2. The van der Waals surface area contributed by atoms with Crippen LogP contribution in [0, 0.1) is 11.6 Å². The van der Waals surface area contributed by atoms with Crippen molar-refractivity contribution in [3.05, 3.63) is 148 Å². The third-order valence-electron chi connectivity index (χ3n) is 9.85. The van der Waals surface area contributed by atoms with E-state index in [-0.39, 0.29) is 69.4 Å². The number of rotatable bonds is 9. The molecule has 0 fully saturated rings. The van der Waals surface area contributed by atoms with Crippen LogP contribution in [0.15, 0.2) is 92.0 Å². The molecule has 3 amide bonds. The minimum atomic E-state index is -0.589. The van der Waals surface area contributed by atoms with Gasteiger partial charge in [-0.05, 0) is 73.5 Å². The van der Waals surface area contributed by atoms with Crippen molar-refractivity contribution in [1.82, 2.24) is 53.5 Å². The molecule has 2 aliphatic heterocycles. The Kier molecular flexibility index (Phi) is 18.7. The number of hydrogen-bond donors (Lipinski definition) is 4. The number of nitrogens with one attached hydrogen (secondary N) is 3. The summed E-state index contributed by atoms with van der Waals surface area (Å²) in [7, 11) is 3.47. The Labute approximate surface area is 400 Å². The number of anilines is 2. The SMILES string of the molecule is C.C.C.Cn1cnc(COC(=O)NC2CCn3c(C(=O)Nc4ccc(F)c(Cl)c4)ccc32)n1.Cn1cnc(COC(=O)n2ccnc2)n1.NC1CCn2c(C(=O)Nc3ccc(F)c(Cl)c3)ccc21. The summed E-state index contributed by atoms with van der Waals surface area (Å²) >= 11 is 11.4. The number of amides is 3. The minimum Gasteiger partial charge on any atom is -0.441 e. The average Bonchev–Trinajstić information content (AvgIpc) is 4.14. The van der Waals surface area contributed by atoms with Crippen molar-refractivity contribution >= 4 is 58.6 Å². The summed E-state index contributed by atoms with van der Waals surface area (Å²) in [6, 6.07) is 14.8. The second-order valence-corrected chi connectivity index (χ2v) is 15.2. The van der Waals surface area contributed by atoms with Gasteiger partial charge in [-0.25, -0.2) is 37.9 Å². The van der Waals surface area contributed by atoms with Gasteiger partial charge in [-0.3, -0.25) is 19.0 Å². The molecular weight excluding hydrogens is 929 g/mol. The summed E-state index contributed by atoms with van der Waals surface area (Å²) in [6.07, 6.45) is 7.80. The van der Waals surface area contributed by atoms with Crippen LogP contribution in [0.4, 0.5) is 29.7 Å². The number of aryl methyl sites for hydroxylation is 2. The predicted molar refractivity (Wildman–Crippen MR) is 250 cm³/mol. The Morgan fingerprint density at radius 2 is 1.24 bits per heavy atom. The molecule has 2 unspecified atom stereocenters. The Bertz CT molecular complexity index is 2820. The second kappa shape index (κ2) is 23.8. The number of halogens is 4. The van der Waals surface area contributed by atoms with Crippen LogP contribution in [-0.4, -0.2) is 72.2 Å². The van der Waals surface area contributed by atoms with Gasteiger partial charge in [0.15, 0.2) is 24.9 Å². The van der Waals surface area contributed by atoms with Gasteiger partial charge in [0, 0.05) is 68.4 Å². The zero-order chi connectivity index (χ0) is 46.2.